The molecule has 18 heavy (non-hydrogen) atoms. The number of hydrogen-bond donors (Lipinski definition) is 3. The van der Waals surface area contributed by atoms with Crippen LogP contribution >= 0.6 is 11.6 Å². The van der Waals surface area contributed by atoms with Gasteiger partial charge in [-0.25, -0.2) is 0 Å². The van der Waals surface area contributed by atoms with Crippen molar-refractivity contribution < 1.29 is 19.8 Å². The number of carbonyl (C=O) groups excluding carboxylic acids is 1. The molecule has 1 rings (SSSR count). The van der Waals surface area contributed by atoms with Gasteiger partial charge in [0.1, 0.15) is 5.75 Å². The average molecular weight is 272 g/mol. The maximum Gasteiger partial charge on any atom is 0.303 e. The Morgan fingerprint density at radius 1 is 1.44 bits per heavy atom. The number of halogens is 1. The maximum atomic E-state index is 11.8. The molecule has 1 aromatic carbocycles. The molecule has 98 valence electrons. The molecule has 5 nitrogen and oxygen atoms in total. The number of rotatable bonds is 5. The standard InChI is InChI=1S/C12H14ClNO4/c1-7(4-11(16)17)6-14-12(18)9-5-8(15)2-3-10(9)13/h2-3,5,7,15H,4,6H2,1H3,(H,14,18)(H,16,17). The fourth-order valence-corrected chi connectivity index (χ4v) is 1.62. The van der Waals surface area contributed by atoms with E-state index in [4.69, 9.17) is 16.7 Å². The van der Waals surface area contributed by atoms with Crippen molar-refractivity contribution in [2.75, 3.05) is 6.54 Å². The minimum absolute atomic E-state index is 0.0198. The van der Waals surface area contributed by atoms with E-state index in [0.29, 0.717) is 0 Å². The molecule has 0 saturated heterocycles. The Kier molecular flexibility index (Phi) is 4.97. The summed E-state index contributed by atoms with van der Waals surface area (Å²) in [6, 6.07) is 4.07. The molecular formula is C12H14ClNO4. The van der Waals surface area contributed by atoms with Gasteiger partial charge in [-0.05, 0) is 24.1 Å². The van der Waals surface area contributed by atoms with E-state index in [1.807, 2.05) is 0 Å². The van der Waals surface area contributed by atoms with Gasteiger partial charge in [-0.1, -0.05) is 18.5 Å². The molecular weight excluding hydrogens is 258 g/mol. The SMILES string of the molecule is CC(CNC(=O)c1cc(O)ccc1Cl)CC(=O)O. The number of phenols is 1. The van der Waals surface area contributed by atoms with E-state index < -0.39 is 11.9 Å². The van der Waals surface area contributed by atoms with Crippen molar-refractivity contribution in [1.82, 2.24) is 5.32 Å². The molecule has 0 bridgehead atoms. The Balaban J connectivity index is 2.60. The summed E-state index contributed by atoms with van der Waals surface area (Å²) in [5.74, 6) is -1.58. The van der Waals surface area contributed by atoms with Gasteiger partial charge in [-0.15, -0.1) is 0 Å². The number of hydrogen-bond acceptors (Lipinski definition) is 3. The molecule has 1 amide bonds. The summed E-state index contributed by atoms with van der Waals surface area (Å²) in [6.45, 7) is 1.95. The number of carbonyl (C=O) groups is 2. The number of amides is 1. The van der Waals surface area contributed by atoms with E-state index in [0.717, 1.165) is 0 Å². The van der Waals surface area contributed by atoms with Gasteiger partial charge in [0, 0.05) is 13.0 Å². The Bertz CT molecular complexity index is 461. The summed E-state index contributed by atoms with van der Waals surface area (Å²) in [4.78, 5) is 22.2. The van der Waals surface area contributed by atoms with Gasteiger partial charge in [0.25, 0.3) is 5.91 Å². The lowest BCUT2D eigenvalue weighted by Crippen LogP contribution is -2.29. The summed E-state index contributed by atoms with van der Waals surface area (Å²) >= 11 is 5.82. The molecule has 1 unspecified atom stereocenters. The van der Waals surface area contributed by atoms with E-state index in [-0.39, 0.29) is 35.2 Å². The molecule has 1 atom stereocenters. The lowest BCUT2D eigenvalue weighted by Gasteiger charge is -2.11. The van der Waals surface area contributed by atoms with Crippen molar-refractivity contribution in [3.05, 3.63) is 28.8 Å². The summed E-state index contributed by atoms with van der Waals surface area (Å²) < 4.78 is 0. The molecule has 0 aliphatic heterocycles. The smallest absolute Gasteiger partial charge is 0.303 e. The molecule has 1 aromatic rings. The third-order valence-corrected chi connectivity index (χ3v) is 2.66. The number of aromatic hydroxyl groups is 1. The highest BCUT2D eigenvalue weighted by Gasteiger charge is 2.13. The van der Waals surface area contributed by atoms with Crippen LogP contribution in [-0.4, -0.2) is 28.6 Å². The molecule has 0 heterocycles. The quantitative estimate of drug-likeness (QED) is 0.763. The van der Waals surface area contributed by atoms with Gasteiger partial charge >= 0.3 is 5.97 Å². The van der Waals surface area contributed by atoms with E-state index >= 15 is 0 Å². The van der Waals surface area contributed by atoms with Crippen LogP contribution in [0.15, 0.2) is 18.2 Å². The van der Waals surface area contributed by atoms with Crippen LogP contribution in [0.3, 0.4) is 0 Å². The second-order valence-corrected chi connectivity index (χ2v) is 4.48. The third kappa shape index (κ3) is 4.25. The zero-order valence-electron chi connectivity index (χ0n) is 9.81. The summed E-state index contributed by atoms with van der Waals surface area (Å²) in [7, 11) is 0. The Morgan fingerprint density at radius 2 is 2.11 bits per heavy atom. The fourth-order valence-electron chi connectivity index (χ4n) is 1.42. The molecule has 0 saturated carbocycles. The van der Waals surface area contributed by atoms with E-state index in [1.54, 1.807) is 6.92 Å². The molecule has 0 radical (unpaired) electrons. The maximum absolute atomic E-state index is 11.8. The lowest BCUT2D eigenvalue weighted by molar-refractivity contribution is -0.137. The van der Waals surface area contributed by atoms with Crippen molar-refractivity contribution in [2.45, 2.75) is 13.3 Å². The summed E-state index contributed by atoms with van der Waals surface area (Å²) in [6.07, 6.45) is -0.0198. The molecule has 6 heteroatoms. The molecule has 0 spiro atoms. The number of phenolic OH excluding ortho intramolecular Hbond substituents is 1. The van der Waals surface area contributed by atoms with Crippen LogP contribution in [0.1, 0.15) is 23.7 Å². The highest BCUT2D eigenvalue weighted by atomic mass is 35.5. The zero-order valence-corrected chi connectivity index (χ0v) is 10.6. The first kappa shape index (κ1) is 14.3. The van der Waals surface area contributed by atoms with Crippen LogP contribution in [0, 0.1) is 5.92 Å². The van der Waals surface area contributed by atoms with Gasteiger partial charge in [-0.2, -0.15) is 0 Å². The largest absolute Gasteiger partial charge is 0.508 e. The van der Waals surface area contributed by atoms with E-state index in [2.05, 4.69) is 5.32 Å². The normalized spacial score (nSPS) is 11.9. The minimum Gasteiger partial charge on any atom is -0.508 e. The first-order chi connectivity index (χ1) is 8.40. The molecule has 0 aromatic heterocycles. The minimum atomic E-state index is -0.910. The van der Waals surface area contributed by atoms with Gasteiger partial charge < -0.3 is 15.5 Å². The predicted molar refractivity (Wildman–Crippen MR) is 66.9 cm³/mol. The monoisotopic (exact) mass is 271 g/mol. The van der Waals surface area contributed by atoms with Crippen molar-refractivity contribution in [3.8, 4) is 5.75 Å². The average Bonchev–Trinajstić information content (AvgIpc) is 2.28. The molecule has 0 fully saturated rings. The van der Waals surface area contributed by atoms with Crippen LogP contribution in [0.25, 0.3) is 0 Å². The lowest BCUT2D eigenvalue weighted by atomic mass is 10.1. The first-order valence-electron chi connectivity index (χ1n) is 5.38. The number of carboxylic acid groups (broad SMARTS) is 1. The van der Waals surface area contributed by atoms with Crippen molar-refractivity contribution >= 4 is 23.5 Å². The zero-order chi connectivity index (χ0) is 13.7. The summed E-state index contributed by atoms with van der Waals surface area (Å²) in [5.41, 5.74) is 0.166. The van der Waals surface area contributed by atoms with Crippen LogP contribution in [-0.2, 0) is 4.79 Å². The number of aliphatic carboxylic acids is 1. The molecule has 0 aliphatic carbocycles. The van der Waals surface area contributed by atoms with E-state index in [1.165, 1.54) is 18.2 Å². The second-order valence-electron chi connectivity index (χ2n) is 4.08. The third-order valence-electron chi connectivity index (χ3n) is 2.33. The Labute approximate surface area is 109 Å². The first-order valence-corrected chi connectivity index (χ1v) is 5.76. The molecule has 0 aliphatic rings. The number of nitrogens with one attached hydrogen (secondary N) is 1. The predicted octanol–water partition coefficient (Wildman–Crippen LogP) is 1.89. The van der Waals surface area contributed by atoms with Crippen LogP contribution in [0.2, 0.25) is 5.02 Å². The highest BCUT2D eigenvalue weighted by Crippen LogP contribution is 2.20. The van der Waals surface area contributed by atoms with Crippen LogP contribution in [0.5, 0.6) is 5.75 Å². The van der Waals surface area contributed by atoms with Crippen molar-refractivity contribution in [1.29, 1.82) is 0 Å². The Morgan fingerprint density at radius 3 is 2.72 bits per heavy atom. The molecule has 3 N–H and O–H groups in total. The van der Waals surface area contributed by atoms with Gasteiger partial charge in [-0.3, -0.25) is 9.59 Å². The topological polar surface area (TPSA) is 86.6 Å². The van der Waals surface area contributed by atoms with Crippen LogP contribution in [0.4, 0.5) is 0 Å². The van der Waals surface area contributed by atoms with Crippen molar-refractivity contribution in [3.63, 3.8) is 0 Å². The van der Waals surface area contributed by atoms with E-state index in [9.17, 15) is 14.7 Å². The summed E-state index contributed by atoms with van der Waals surface area (Å²) in [5, 5.41) is 20.7. The fraction of sp³-hybridized carbons (Fsp3) is 0.333. The van der Waals surface area contributed by atoms with Crippen LogP contribution < -0.4 is 5.32 Å². The number of carboxylic acids is 1. The number of benzene rings is 1. The highest BCUT2D eigenvalue weighted by molar-refractivity contribution is 6.33. The second kappa shape index (κ2) is 6.26. The van der Waals surface area contributed by atoms with Crippen molar-refractivity contribution in [2.24, 2.45) is 5.92 Å². The van der Waals surface area contributed by atoms with Gasteiger partial charge in [0.05, 0.1) is 10.6 Å². The van der Waals surface area contributed by atoms with Gasteiger partial charge in [0.15, 0.2) is 0 Å². The Hall–Kier alpha value is -1.75. The van der Waals surface area contributed by atoms with Gasteiger partial charge in [0.2, 0.25) is 0 Å².